The van der Waals surface area contributed by atoms with Gasteiger partial charge in [-0.3, -0.25) is 0 Å². The van der Waals surface area contributed by atoms with E-state index in [1.807, 2.05) is 6.07 Å². The van der Waals surface area contributed by atoms with Crippen molar-refractivity contribution in [3.8, 4) is 6.07 Å². The summed E-state index contributed by atoms with van der Waals surface area (Å²) in [5, 5.41) is 24.8. The Morgan fingerprint density at radius 1 is 1.62 bits per heavy atom. The first-order valence-corrected chi connectivity index (χ1v) is 2.47. The summed E-state index contributed by atoms with van der Waals surface area (Å²) in [7, 11) is 0. The number of aliphatic hydroxyl groups is 2. The maximum atomic E-state index is 8.59. The lowest BCUT2D eigenvalue weighted by atomic mass is 10.2. The van der Waals surface area contributed by atoms with Crippen LogP contribution in [0.15, 0.2) is 0 Å². The summed E-state index contributed by atoms with van der Waals surface area (Å²) in [6.45, 7) is -0.248. The third kappa shape index (κ3) is 3.59. The van der Waals surface area contributed by atoms with E-state index in [9.17, 15) is 0 Å². The van der Waals surface area contributed by atoms with Gasteiger partial charge in [-0.2, -0.15) is 5.26 Å². The van der Waals surface area contributed by atoms with Crippen molar-refractivity contribution in [2.24, 2.45) is 0 Å². The lowest BCUT2D eigenvalue weighted by Crippen LogP contribution is -2.10. The first-order chi connectivity index (χ1) is 3.81. The lowest BCUT2D eigenvalue weighted by Gasteiger charge is -2.00. The van der Waals surface area contributed by atoms with Crippen molar-refractivity contribution < 1.29 is 10.2 Å². The molecule has 0 spiro atoms. The van der Waals surface area contributed by atoms with E-state index in [4.69, 9.17) is 15.5 Å². The van der Waals surface area contributed by atoms with Gasteiger partial charge in [-0.25, -0.2) is 0 Å². The molecule has 0 aromatic carbocycles. The van der Waals surface area contributed by atoms with Crippen molar-refractivity contribution in [2.45, 2.75) is 18.9 Å². The summed E-state index contributed by atoms with van der Waals surface area (Å²) >= 11 is 0. The highest BCUT2D eigenvalue weighted by Crippen LogP contribution is 1.92. The van der Waals surface area contributed by atoms with Gasteiger partial charge in [0.1, 0.15) is 0 Å². The van der Waals surface area contributed by atoms with Crippen LogP contribution in [0.25, 0.3) is 0 Å². The molecule has 0 aliphatic rings. The third-order valence-electron chi connectivity index (χ3n) is 0.800. The second-order valence-electron chi connectivity index (χ2n) is 1.53. The van der Waals surface area contributed by atoms with Crippen molar-refractivity contribution >= 4 is 0 Å². The van der Waals surface area contributed by atoms with Crippen LogP contribution in [0.3, 0.4) is 0 Å². The van der Waals surface area contributed by atoms with Gasteiger partial charge in [0.2, 0.25) is 0 Å². The summed E-state index contributed by atoms with van der Waals surface area (Å²) in [5.74, 6) is 0. The molecular weight excluding hydrogens is 106 g/mol. The van der Waals surface area contributed by atoms with Crippen molar-refractivity contribution in [3.05, 3.63) is 0 Å². The summed E-state index contributed by atoms with van der Waals surface area (Å²) in [6.07, 6.45) is -0.0380. The molecule has 0 aromatic rings. The number of hydrogen-bond acceptors (Lipinski definition) is 3. The standard InChI is InChI=1S/C5H9NO2/c6-3-1-2-5(8)4-7/h5,7-8H,1-2,4H2/t5-/m0/s1. The Morgan fingerprint density at radius 2 is 2.25 bits per heavy atom. The van der Waals surface area contributed by atoms with E-state index in [-0.39, 0.29) is 6.61 Å². The van der Waals surface area contributed by atoms with Crippen molar-refractivity contribution in [3.63, 3.8) is 0 Å². The molecule has 0 saturated heterocycles. The van der Waals surface area contributed by atoms with E-state index >= 15 is 0 Å². The third-order valence-corrected chi connectivity index (χ3v) is 0.800. The Morgan fingerprint density at radius 3 is 2.62 bits per heavy atom. The second-order valence-corrected chi connectivity index (χ2v) is 1.53. The molecule has 0 bridgehead atoms. The summed E-state index contributed by atoms with van der Waals surface area (Å²) < 4.78 is 0. The van der Waals surface area contributed by atoms with E-state index in [0.717, 1.165) is 0 Å². The molecule has 0 unspecified atom stereocenters. The largest absolute Gasteiger partial charge is 0.394 e. The van der Waals surface area contributed by atoms with Crippen LogP contribution in [0.1, 0.15) is 12.8 Å². The van der Waals surface area contributed by atoms with Crippen LogP contribution in [0.4, 0.5) is 0 Å². The minimum Gasteiger partial charge on any atom is -0.394 e. The molecule has 3 heteroatoms. The van der Waals surface area contributed by atoms with Gasteiger partial charge < -0.3 is 10.2 Å². The first-order valence-electron chi connectivity index (χ1n) is 2.47. The predicted molar refractivity (Wildman–Crippen MR) is 27.9 cm³/mol. The van der Waals surface area contributed by atoms with E-state index in [1.165, 1.54) is 0 Å². The Bertz CT molecular complexity index is 86.9. The molecule has 0 aliphatic carbocycles. The molecule has 0 saturated carbocycles. The van der Waals surface area contributed by atoms with Gasteiger partial charge in [0.25, 0.3) is 0 Å². The smallest absolute Gasteiger partial charge is 0.0780 e. The molecule has 1 atom stereocenters. The summed E-state index contributed by atoms with van der Waals surface area (Å²) in [4.78, 5) is 0. The van der Waals surface area contributed by atoms with Crippen LogP contribution in [-0.2, 0) is 0 Å². The molecule has 0 aliphatic heterocycles. The van der Waals surface area contributed by atoms with Gasteiger partial charge >= 0.3 is 0 Å². The molecule has 0 fully saturated rings. The average Bonchev–Trinajstić information content (AvgIpc) is 1.83. The maximum Gasteiger partial charge on any atom is 0.0780 e. The number of aliphatic hydroxyl groups excluding tert-OH is 2. The Hall–Kier alpha value is -0.590. The minimum absolute atomic E-state index is 0.248. The number of hydrogen-bond donors (Lipinski definition) is 2. The van der Waals surface area contributed by atoms with E-state index < -0.39 is 6.10 Å². The molecule has 0 amide bonds. The molecule has 0 heterocycles. The van der Waals surface area contributed by atoms with Gasteiger partial charge in [-0.05, 0) is 6.42 Å². The number of rotatable bonds is 3. The fourth-order valence-corrected chi connectivity index (χ4v) is 0.322. The van der Waals surface area contributed by atoms with Crippen molar-refractivity contribution in [2.75, 3.05) is 6.61 Å². The zero-order valence-electron chi connectivity index (χ0n) is 4.54. The predicted octanol–water partition coefficient (Wildman–Crippen LogP) is -0.357. The number of nitriles is 1. The second kappa shape index (κ2) is 4.57. The van der Waals surface area contributed by atoms with E-state index in [0.29, 0.717) is 12.8 Å². The average molecular weight is 115 g/mol. The molecule has 3 nitrogen and oxygen atoms in total. The van der Waals surface area contributed by atoms with Gasteiger partial charge in [0.05, 0.1) is 18.8 Å². The Kier molecular flexibility index (Phi) is 4.23. The minimum atomic E-state index is -0.713. The zero-order valence-corrected chi connectivity index (χ0v) is 4.54. The van der Waals surface area contributed by atoms with Gasteiger partial charge in [-0.15, -0.1) is 0 Å². The maximum absolute atomic E-state index is 8.59. The highest BCUT2D eigenvalue weighted by Gasteiger charge is 1.98. The van der Waals surface area contributed by atoms with Gasteiger partial charge in [0, 0.05) is 6.42 Å². The van der Waals surface area contributed by atoms with Gasteiger partial charge in [-0.1, -0.05) is 0 Å². The van der Waals surface area contributed by atoms with Crippen LogP contribution in [-0.4, -0.2) is 22.9 Å². The molecular formula is C5H9NO2. The van der Waals surface area contributed by atoms with Gasteiger partial charge in [0.15, 0.2) is 0 Å². The van der Waals surface area contributed by atoms with E-state index in [1.54, 1.807) is 0 Å². The van der Waals surface area contributed by atoms with Crippen LogP contribution in [0.2, 0.25) is 0 Å². The fourth-order valence-electron chi connectivity index (χ4n) is 0.322. The topological polar surface area (TPSA) is 64.2 Å². The highest BCUT2D eigenvalue weighted by atomic mass is 16.3. The molecule has 46 valence electrons. The fraction of sp³-hybridized carbons (Fsp3) is 0.800. The monoisotopic (exact) mass is 115 g/mol. The summed E-state index contributed by atoms with van der Waals surface area (Å²) in [6, 6.07) is 1.86. The molecule has 2 N–H and O–H groups in total. The first kappa shape index (κ1) is 7.41. The molecule has 0 rings (SSSR count). The Balaban J connectivity index is 3.01. The summed E-state index contributed by atoms with van der Waals surface area (Å²) in [5.41, 5.74) is 0. The van der Waals surface area contributed by atoms with Crippen LogP contribution < -0.4 is 0 Å². The molecule has 0 radical (unpaired) electrons. The zero-order chi connectivity index (χ0) is 6.41. The SMILES string of the molecule is N#CCC[C@H](O)CO. The number of nitrogens with zero attached hydrogens (tertiary/aromatic N) is 1. The molecule has 8 heavy (non-hydrogen) atoms. The van der Waals surface area contributed by atoms with Crippen molar-refractivity contribution in [1.29, 1.82) is 5.26 Å². The lowest BCUT2D eigenvalue weighted by molar-refractivity contribution is 0.0895. The highest BCUT2D eigenvalue weighted by molar-refractivity contribution is 4.70. The molecule has 0 aromatic heterocycles. The van der Waals surface area contributed by atoms with Crippen molar-refractivity contribution in [1.82, 2.24) is 0 Å². The van der Waals surface area contributed by atoms with E-state index in [2.05, 4.69) is 0 Å². The normalized spacial score (nSPS) is 12.6. The van der Waals surface area contributed by atoms with Crippen LogP contribution >= 0.6 is 0 Å². The quantitative estimate of drug-likeness (QED) is 0.528. The Labute approximate surface area is 48.2 Å². The van der Waals surface area contributed by atoms with Crippen LogP contribution in [0.5, 0.6) is 0 Å². The van der Waals surface area contributed by atoms with Crippen LogP contribution in [0, 0.1) is 11.3 Å².